The Bertz CT molecular complexity index is 535. The van der Waals surface area contributed by atoms with Crippen LogP contribution in [0.5, 0.6) is 11.6 Å². The van der Waals surface area contributed by atoms with E-state index in [-0.39, 0.29) is 0 Å². The lowest BCUT2D eigenvalue weighted by Crippen LogP contribution is -1.92. The smallest absolute Gasteiger partial charge is 0.222 e. The molecular weight excluding hydrogens is 290 g/mol. The second kappa shape index (κ2) is 5.53. The van der Waals surface area contributed by atoms with Crippen molar-refractivity contribution in [3.63, 3.8) is 0 Å². The van der Waals surface area contributed by atoms with Crippen molar-refractivity contribution < 1.29 is 4.74 Å². The van der Waals surface area contributed by atoms with Crippen molar-refractivity contribution in [3.8, 4) is 11.6 Å². The third-order valence-electron chi connectivity index (χ3n) is 2.76. The van der Waals surface area contributed by atoms with Gasteiger partial charge in [0.15, 0.2) is 0 Å². The molecule has 0 radical (unpaired) electrons. The van der Waals surface area contributed by atoms with Crippen molar-refractivity contribution >= 4 is 15.9 Å². The van der Waals surface area contributed by atoms with Crippen molar-refractivity contribution in [1.29, 1.82) is 0 Å². The van der Waals surface area contributed by atoms with Crippen molar-refractivity contribution in [1.82, 2.24) is 4.98 Å². The fraction of sp³-hybridized carbons (Fsp3) is 0.267. The van der Waals surface area contributed by atoms with Crippen LogP contribution in [0.4, 0.5) is 0 Å². The van der Waals surface area contributed by atoms with Crippen LogP contribution in [0.25, 0.3) is 0 Å². The van der Waals surface area contributed by atoms with E-state index in [1.165, 1.54) is 5.56 Å². The molecule has 1 heterocycles. The van der Waals surface area contributed by atoms with E-state index in [1.54, 1.807) is 6.20 Å². The highest BCUT2D eigenvalue weighted by atomic mass is 79.9. The average molecular weight is 306 g/mol. The summed E-state index contributed by atoms with van der Waals surface area (Å²) in [5, 5.41) is 0. The fourth-order valence-electron chi connectivity index (χ4n) is 1.67. The Hall–Kier alpha value is -1.35. The summed E-state index contributed by atoms with van der Waals surface area (Å²) in [4.78, 5) is 4.26. The summed E-state index contributed by atoms with van der Waals surface area (Å²) in [6.45, 7) is 6.34. The van der Waals surface area contributed by atoms with Crippen LogP contribution in [0.3, 0.4) is 0 Å². The number of pyridine rings is 1. The van der Waals surface area contributed by atoms with Gasteiger partial charge in [0, 0.05) is 16.2 Å². The lowest BCUT2D eigenvalue weighted by atomic mass is 10.0. The molecule has 2 aromatic rings. The summed E-state index contributed by atoms with van der Waals surface area (Å²) in [6.07, 6.45) is 1.74. The SMILES string of the molecule is Cc1cc(Br)cnc1Oc1ccc(C(C)C)cc1. The van der Waals surface area contributed by atoms with Crippen LogP contribution in [0.1, 0.15) is 30.9 Å². The summed E-state index contributed by atoms with van der Waals surface area (Å²) in [5.41, 5.74) is 2.32. The normalized spacial score (nSPS) is 10.7. The number of benzene rings is 1. The predicted molar refractivity (Wildman–Crippen MR) is 77.3 cm³/mol. The number of ether oxygens (including phenoxy) is 1. The maximum Gasteiger partial charge on any atom is 0.222 e. The fourth-order valence-corrected chi connectivity index (χ4v) is 2.11. The first-order chi connectivity index (χ1) is 8.56. The molecule has 2 nitrogen and oxygen atoms in total. The molecule has 0 saturated heterocycles. The Labute approximate surface area is 116 Å². The Balaban J connectivity index is 2.18. The summed E-state index contributed by atoms with van der Waals surface area (Å²) >= 11 is 3.39. The zero-order valence-electron chi connectivity index (χ0n) is 10.8. The van der Waals surface area contributed by atoms with Crippen molar-refractivity contribution in [3.05, 3.63) is 52.1 Å². The van der Waals surface area contributed by atoms with E-state index in [9.17, 15) is 0 Å². The molecule has 0 atom stereocenters. The predicted octanol–water partition coefficient (Wildman–Crippen LogP) is 5.07. The molecule has 1 aromatic carbocycles. The van der Waals surface area contributed by atoms with Gasteiger partial charge in [-0.3, -0.25) is 0 Å². The van der Waals surface area contributed by atoms with Crippen LogP contribution in [-0.2, 0) is 0 Å². The van der Waals surface area contributed by atoms with Gasteiger partial charge in [-0.25, -0.2) is 4.98 Å². The van der Waals surface area contributed by atoms with Gasteiger partial charge in [0.05, 0.1) is 0 Å². The minimum atomic E-state index is 0.534. The number of aryl methyl sites for hydroxylation is 1. The molecule has 0 aliphatic carbocycles. The zero-order chi connectivity index (χ0) is 13.1. The van der Waals surface area contributed by atoms with Crippen LogP contribution in [-0.4, -0.2) is 4.98 Å². The summed E-state index contributed by atoms with van der Waals surface area (Å²) < 4.78 is 6.73. The topological polar surface area (TPSA) is 22.1 Å². The van der Waals surface area contributed by atoms with Gasteiger partial charge in [-0.05, 0) is 52.5 Å². The van der Waals surface area contributed by atoms with Gasteiger partial charge in [0.25, 0.3) is 0 Å². The van der Waals surface area contributed by atoms with E-state index in [0.717, 1.165) is 15.8 Å². The number of hydrogen-bond donors (Lipinski definition) is 0. The van der Waals surface area contributed by atoms with Gasteiger partial charge >= 0.3 is 0 Å². The first kappa shape index (κ1) is 13.1. The Morgan fingerprint density at radius 3 is 2.39 bits per heavy atom. The van der Waals surface area contributed by atoms with Gasteiger partial charge in [-0.2, -0.15) is 0 Å². The third-order valence-corrected chi connectivity index (χ3v) is 3.19. The molecule has 0 aliphatic rings. The van der Waals surface area contributed by atoms with E-state index >= 15 is 0 Å². The molecule has 0 saturated carbocycles. The van der Waals surface area contributed by atoms with E-state index in [1.807, 2.05) is 25.1 Å². The van der Waals surface area contributed by atoms with E-state index in [4.69, 9.17) is 4.74 Å². The van der Waals surface area contributed by atoms with Gasteiger partial charge in [-0.1, -0.05) is 26.0 Å². The average Bonchev–Trinajstić information content (AvgIpc) is 2.33. The van der Waals surface area contributed by atoms with Crippen LogP contribution >= 0.6 is 15.9 Å². The molecule has 94 valence electrons. The Kier molecular flexibility index (Phi) is 4.02. The minimum absolute atomic E-state index is 0.534. The Morgan fingerprint density at radius 2 is 1.83 bits per heavy atom. The quantitative estimate of drug-likeness (QED) is 0.790. The number of halogens is 1. The molecule has 0 bridgehead atoms. The minimum Gasteiger partial charge on any atom is -0.439 e. The molecule has 0 N–H and O–H groups in total. The molecule has 3 heteroatoms. The maximum atomic E-state index is 5.77. The second-order valence-corrected chi connectivity index (χ2v) is 5.52. The second-order valence-electron chi connectivity index (χ2n) is 4.60. The molecule has 0 spiro atoms. The van der Waals surface area contributed by atoms with Gasteiger partial charge in [0.1, 0.15) is 5.75 Å². The van der Waals surface area contributed by atoms with Gasteiger partial charge in [-0.15, -0.1) is 0 Å². The summed E-state index contributed by atoms with van der Waals surface area (Å²) in [6, 6.07) is 10.1. The standard InChI is InChI=1S/C15H16BrNO/c1-10(2)12-4-6-14(7-5-12)18-15-11(3)8-13(16)9-17-15/h4-10H,1-3H3. The van der Waals surface area contributed by atoms with Crippen LogP contribution in [0.2, 0.25) is 0 Å². The van der Waals surface area contributed by atoms with Crippen molar-refractivity contribution in [2.45, 2.75) is 26.7 Å². The highest BCUT2D eigenvalue weighted by Gasteiger charge is 2.04. The summed E-state index contributed by atoms with van der Waals surface area (Å²) in [5.74, 6) is 2.00. The summed E-state index contributed by atoms with van der Waals surface area (Å²) in [7, 11) is 0. The van der Waals surface area contributed by atoms with E-state index in [2.05, 4.69) is 46.9 Å². The maximum absolute atomic E-state index is 5.77. The largest absolute Gasteiger partial charge is 0.439 e. The van der Waals surface area contributed by atoms with Crippen LogP contribution in [0.15, 0.2) is 41.0 Å². The molecule has 0 amide bonds. The van der Waals surface area contributed by atoms with Crippen molar-refractivity contribution in [2.75, 3.05) is 0 Å². The van der Waals surface area contributed by atoms with Crippen LogP contribution in [0, 0.1) is 6.92 Å². The Morgan fingerprint density at radius 1 is 1.17 bits per heavy atom. The number of rotatable bonds is 3. The lowest BCUT2D eigenvalue weighted by molar-refractivity contribution is 0.458. The lowest BCUT2D eigenvalue weighted by Gasteiger charge is -2.09. The van der Waals surface area contributed by atoms with E-state index in [0.29, 0.717) is 11.8 Å². The molecule has 0 aliphatic heterocycles. The highest BCUT2D eigenvalue weighted by molar-refractivity contribution is 9.10. The molecule has 1 aromatic heterocycles. The van der Waals surface area contributed by atoms with Crippen molar-refractivity contribution in [2.24, 2.45) is 0 Å². The first-order valence-corrected chi connectivity index (χ1v) is 6.75. The zero-order valence-corrected chi connectivity index (χ0v) is 12.4. The third kappa shape index (κ3) is 3.10. The first-order valence-electron chi connectivity index (χ1n) is 5.96. The van der Waals surface area contributed by atoms with E-state index < -0.39 is 0 Å². The van der Waals surface area contributed by atoms with Gasteiger partial charge < -0.3 is 4.74 Å². The van der Waals surface area contributed by atoms with Crippen LogP contribution < -0.4 is 4.74 Å². The molecule has 0 unspecified atom stereocenters. The number of aromatic nitrogens is 1. The molecular formula is C15H16BrNO. The monoisotopic (exact) mass is 305 g/mol. The van der Waals surface area contributed by atoms with Gasteiger partial charge in [0.2, 0.25) is 5.88 Å². The molecule has 18 heavy (non-hydrogen) atoms. The number of hydrogen-bond acceptors (Lipinski definition) is 2. The molecule has 0 fully saturated rings. The number of nitrogens with zero attached hydrogens (tertiary/aromatic N) is 1. The molecule has 2 rings (SSSR count). The highest BCUT2D eigenvalue weighted by Crippen LogP contribution is 2.26.